The molecule has 0 aliphatic heterocycles. The van der Waals surface area contributed by atoms with Gasteiger partial charge in [-0.15, -0.1) is 0 Å². The second-order valence-corrected chi connectivity index (χ2v) is 6.14. The molecule has 0 aliphatic carbocycles. The van der Waals surface area contributed by atoms with Crippen LogP contribution >= 0.6 is 0 Å². The average Bonchev–Trinajstić information content (AvgIpc) is 2.68. The summed E-state index contributed by atoms with van der Waals surface area (Å²) in [6.45, 7) is 4.25. The Kier molecular flexibility index (Phi) is 7.68. The molecular formula is C21H28N4O. The summed E-state index contributed by atoms with van der Waals surface area (Å²) in [5, 5.41) is 3.17. The first-order chi connectivity index (χ1) is 12.6. The van der Waals surface area contributed by atoms with E-state index >= 15 is 0 Å². The highest BCUT2D eigenvalue weighted by atomic mass is 16.2. The highest BCUT2D eigenvalue weighted by molar-refractivity contribution is 5.86. The Morgan fingerprint density at radius 1 is 0.962 bits per heavy atom. The molecule has 0 spiro atoms. The van der Waals surface area contributed by atoms with Gasteiger partial charge in [0.1, 0.15) is 0 Å². The molecule has 0 unspecified atom stereocenters. The smallest absolute Gasteiger partial charge is 0.242 e. The molecule has 2 rings (SSSR count). The van der Waals surface area contributed by atoms with Gasteiger partial charge in [0.05, 0.1) is 6.54 Å². The van der Waals surface area contributed by atoms with Crippen LogP contribution in [0.15, 0.2) is 65.7 Å². The molecule has 138 valence electrons. The first kappa shape index (κ1) is 19.5. The Hall–Kier alpha value is -2.82. The van der Waals surface area contributed by atoms with Crippen LogP contribution in [0.4, 0.5) is 0 Å². The molecule has 0 bridgehead atoms. The van der Waals surface area contributed by atoms with Gasteiger partial charge >= 0.3 is 0 Å². The van der Waals surface area contributed by atoms with E-state index in [0.29, 0.717) is 19.0 Å². The number of carbonyl (C=O) groups is 1. The van der Waals surface area contributed by atoms with E-state index in [2.05, 4.69) is 22.4 Å². The maximum Gasteiger partial charge on any atom is 0.242 e. The lowest BCUT2D eigenvalue weighted by molar-refractivity contribution is -0.130. The minimum absolute atomic E-state index is 0.0608. The van der Waals surface area contributed by atoms with E-state index in [-0.39, 0.29) is 12.5 Å². The third-order valence-electron chi connectivity index (χ3n) is 4.18. The molecule has 26 heavy (non-hydrogen) atoms. The van der Waals surface area contributed by atoms with Crippen LogP contribution in [0.2, 0.25) is 0 Å². The summed E-state index contributed by atoms with van der Waals surface area (Å²) in [6, 6.07) is 20.2. The fourth-order valence-corrected chi connectivity index (χ4v) is 2.76. The number of nitrogens with one attached hydrogen (secondary N) is 1. The number of rotatable bonds is 7. The first-order valence-electron chi connectivity index (χ1n) is 8.91. The van der Waals surface area contributed by atoms with Crippen LogP contribution in [0.3, 0.4) is 0 Å². The van der Waals surface area contributed by atoms with Crippen molar-refractivity contribution in [1.82, 2.24) is 15.1 Å². The van der Waals surface area contributed by atoms with Gasteiger partial charge in [-0.2, -0.15) is 0 Å². The van der Waals surface area contributed by atoms with Crippen LogP contribution in [0, 0.1) is 0 Å². The summed E-state index contributed by atoms with van der Waals surface area (Å²) >= 11 is 0. The number of hydrogen-bond donors (Lipinski definition) is 1. The zero-order valence-corrected chi connectivity index (χ0v) is 15.9. The number of nitrogens with zero attached hydrogens (tertiary/aromatic N) is 3. The summed E-state index contributed by atoms with van der Waals surface area (Å²) < 4.78 is 0. The molecule has 2 aromatic rings. The highest BCUT2D eigenvalue weighted by Crippen LogP contribution is 2.05. The van der Waals surface area contributed by atoms with Crippen molar-refractivity contribution < 1.29 is 4.79 Å². The Labute approximate surface area is 156 Å². The van der Waals surface area contributed by atoms with E-state index < -0.39 is 0 Å². The number of guanidine groups is 1. The fraction of sp³-hybridized carbons (Fsp3) is 0.333. The summed E-state index contributed by atoms with van der Waals surface area (Å²) in [4.78, 5) is 20.7. The number of aliphatic imine (C=N–C) groups is 1. The zero-order chi connectivity index (χ0) is 18.8. The van der Waals surface area contributed by atoms with Gasteiger partial charge < -0.3 is 15.1 Å². The van der Waals surface area contributed by atoms with Crippen LogP contribution in [0.1, 0.15) is 18.1 Å². The van der Waals surface area contributed by atoms with Gasteiger partial charge in [0.2, 0.25) is 5.91 Å². The number of amides is 1. The van der Waals surface area contributed by atoms with Crippen LogP contribution < -0.4 is 5.32 Å². The minimum atomic E-state index is 0.0608. The van der Waals surface area contributed by atoms with Crippen molar-refractivity contribution in [3.63, 3.8) is 0 Å². The molecule has 5 nitrogen and oxygen atoms in total. The second-order valence-electron chi connectivity index (χ2n) is 6.14. The monoisotopic (exact) mass is 352 g/mol. The molecule has 0 fully saturated rings. The fourth-order valence-electron chi connectivity index (χ4n) is 2.76. The topological polar surface area (TPSA) is 47.9 Å². The maximum atomic E-state index is 12.6. The summed E-state index contributed by atoms with van der Waals surface area (Å²) in [5.74, 6) is 0.767. The predicted molar refractivity (Wildman–Crippen MR) is 107 cm³/mol. The summed E-state index contributed by atoms with van der Waals surface area (Å²) in [6.07, 6.45) is 0. The lowest BCUT2D eigenvalue weighted by Crippen LogP contribution is -2.44. The SMILES string of the molecule is CCN(Cc1ccccc1)C(=O)CNC(=NC)N(C)Cc1ccccc1. The van der Waals surface area contributed by atoms with Gasteiger partial charge in [0.15, 0.2) is 5.96 Å². The van der Waals surface area contributed by atoms with Gasteiger partial charge in [-0.25, -0.2) is 0 Å². The third kappa shape index (κ3) is 5.92. The van der Waals surface area contributed by atoms with Crippen molar-refractivity contribution in [2.45, 2.75) is 20.0 Å². The highest BCUT2D eigenvalue weighted by Gasteiger charge is 2.14. The molecule has 0 heterocycles. The van der Waals surface area contributed by atoms with Crippen molar-refractivity contribution in [2.24, 2.45) is 4.99 Å². The Bertz CT molecular complexity index is 700. The van der Waals surface area contributed by atoms with E-state index in [9.17, 15) is 4.79 Å². The van der Waals surface area contributed by atoms with Crippen molar-refractivity contribution in [2.75, 3.05) is 27.2 Å². The van der Waals surface area contributed by atoms with Crippen molar-refractivity contribution in [3.05, 3.63) is 71.8 Å². The Morgan fingerprint density at radius 2 is 1.50 bits per heavy atom. The Morgan fingerprint density at radius 3 is 2.00 bits per heavy atom. The third-order valence-corrected chi connectivity index (χ3v) is 4.18. The molecule has 0 aromatic heterocycles. The predicted octanol–water partition coefficient (Wildman–Crippen LogP) is 2.74. The zero-order valence-electron chi connectivity index (χ0n) is 15.9. The van der Waals surface area contributed by atoms with Crippen molar-refractivity contribution in [3.8, 4) is 0 Å². The summed E-state index contributed by atoms with van der Waals surface area (Å²) in [7, 11) is 3.70. The molecule has 1 amide bonds. The molecule has 0 radical (unpaired) electrons. The van der Waals surface area contributed by atoms with Crippen molar-refractivity contribution in [1.29, 1.82) is 0 Å². The lowest BCUT2D eigenvalue weighted by Gasteiger charge is -2.25. The quantitative estimate of drug-likeness (QED) is 0.616. The standard InChI is InChI=1S/C21H28N4O/c1-4-25(17-19-13-9-6-10-14-19)20(26)15-23-21(22-2)24(3)16-18-11-7-5-8-12-18/h5-14H,4,15-17H2,1-3H3,(H,22,23). The van der Waals surface area contributed by atoms with Gasteiger partial charge in [0.25, 0.3) is 0 Å². The van der Waals surface area contributed by atoms with E-state index in [0.717, 1.165) is 12.1 Å². The maximum absolute atomic E-state index is 12.6. The molecule has 0 saturated heterocycles. The molecule has 1 N–H and O–H groups in total. The van der Waals surface area contributed by atoms with E-state index in [1.54, 1.807) is 7.05 Å². The van der Waals surface area contributed by atoms with Crippen LogP contribution in [-0.2, 0) is 17.9 Å². The van der Waals surface area contributed by atoms with Gasteiger partial charge in [0, 0.05) is 33.7 Å². The van der Waals surface area contributed by atoms with Crippen LogP contribution in [-0.4, -0.2) is 48.9 Å². The number of benzene rings is 2. The van der Waals surface area contributed by atoms with Gasteiger partial charge in [-0.1, -0.05) is 60.7 Å². The number of hydrogen-bond acceptors (Lipinski definition) is 2. The van der Waals surface area contributed by atoms with Gasteiger partial charge in [-0.05, 0) is 18.1 Å². The van der Waals surface area contributed by atoms with Crippen LogP contribution in [0.25, 0.3) is 0 Å². The number of carbonyl (C=O) groups excluding carboxylic acids is 1. The molecule has 2 aromatic carbocycles. The van der Waals surface area contributed by atoms with Gasteiger partial charge in [-0.3, -0.25) is 9.79 Å². The first-order valence-corrected chi connectivity index (χ1v) is 8.91. The number of likely N-dealkylation sites (N-methyl/N-ethyl adjacent to an activating group) is 1. The van der Waals surface area contributed by atoms with E-state index in [1.807, 2.05) is 72.3 Å². The molecule has 5 heteroatoms. The Balaban J connectivity index is 1.88. The second kappa shape index (κ2) is 10.2. The molecule has 0 atom stereocenters. The average molecular weight is 352 g/mol. The molecule has 0 saturated carbocycles. The van der Waals surface area contributed by atoms with Crippen molar-refractivity contribution >= 4 is 11.9 Å². The lowest BCUT2D eigenvalue weighted by atomic mass is 10.2. The normalized spacial score (nSPS) is 11.1. The van der Waals surface area contributed by atoms with E-state index in [4.69, 9.17) is 0 Å². The van der Waals surface area contributed by atoms with Crippen LogP contribution in [0.5, 0.6) is 0 Å². The molecule has 0 aliphatic rings. The largest absolute Gasteiger partial charge is 0.347 e. The summed E-state index contributed by atoms with van der Waals surface area (Å²) in [5.41, 5.74) is 2.33. The molecular weight excluding hydrogens is 324 g/mol. The van der Waals surface area contributed by atoms with E-state index in [1.165, 1.54) is 5.56 Å². The minimum Gasteiger partial charge on any atom is -0.347 e.